The molecule has 1 saturated heterocycles. The van der Waals surface area contributed by atoms with Crippen LogP contribution in [0.5, 0.6) is 0 Å². The zero-order chi connectivity index (χ0) is 15.4. The van der Waals surface area contributed by atoms with Gasteiger partial charge in [-0.15, -0.1) is 0 Å². The molecule has 0 bridgehead atoms. The van der Waals surface area contributed by atoms with Crippen molar-refractivity contribution in [2.24, 2.45) is 5.10 Å². The first-order valence-corrected chi connectivity index (χ1v) is 8.36. The quantitative estimate of drug-likeness (QED) is 0.775. The molecular weight excluding hydrogens is 338 g/mol. The van der Waals surface area contributed by atoms with Gasteiger partial charge in [0.05, 0.1) is 19.3 Å². The highest BCUT2D eigenvalue weighted by atomic mass is 79.9. The van der Waals surface area contributed by atoms with Gasteiger partial charge in [0.25, 0.3) is 0 Å². The van der Waals surface area contributed by atoms with E-state index in [9.17, 15) is 0 Å². The lowest BCUT2D eigenvalue weighted by Gasteiger charge is -2.34. The van der Waals surface area contributed by atoms with E-state index in [-0.39, 0.29) is 0 Å². The number of anilines is 1. The largest absolute Gasteiger partial charge is 0.368 e. The zero-order valence-corrected chi connectivity index (χ0v) is 14.3. The van der Waals surface area contributed by atoms with Gasteiger partial charge in [-0.1, -0.05) is 45.8 Å². The minimum absolute atomic E-state index is 0.959. The van der Waals surface area contributed by atoms with Crippen LogP contribution in [0.4, 0.5) is 5.69 Å². The molecule has 114 valence electrons. The summed E-state index contributed by atoms with van der Waals surface area (Å²) in [6.07, 6.45) is 1.94. The molecule has 2 aromatic carbocycles. The topological polar surface area (TPSA) is 18.8 Å². The molecular formula is C18H20BrN3. The molecule has 0 amide bonds. The van der Waals surface area contributed by atoms with Crippen LogP contribution in [0.1, 0.15) is 11.1 Å². The maximum Gasteiger partial charge on any atom is 0.0542 e. The molecule has 1 aliphatic heterocycles. The summed E-state index contributed by atoms with van der Waals surface area (Å²) in [5, 5.41) is 6.74. The van der Waals surface area contributed by atoms with E-state index < -0.39 is 0 Å². The van der Waals surface area contributed by atoms with Gasteiger partial charge in [-0.2, -0.15) is 5.10 Å². The monoisotopic (exact) mass is 357 g/mol. The molecule has 1 heterocycles. The van der Waals surface area contributed by atoms with Crippen LogP contribution >= 0.6 is 15.9 Å². The van der Waals surface area contributed by atoms with Crippen molar-refractivity contribution in [3.8, 4) is 0 Å². The van der Waals surface area contributed by atoms with E-state index in [2.05, 4.69) is 74.3 Å². The molecule has 4 heteroatoms. The lowest BCUT2D eigenvalue weighted by Crippen LogP contribution is -2.44. The third kappa shape index (κ3) is 3.89. The van der Waals surface area contributed by atoms with Gasteiger partial charge in [0, 0.05) is 23.2 Å². The Kier molecular flexibility index (Phi) is 4.78. The van der Waals surface area contributed by atoms with Gasteiger partial charge in [0.1, 0.15) is 0 Å². The molecule has 3 nitrogen and oxygen atoms in total. The molecule has 22 heavy (non-hydrogen) atoms. The fourth-order valence-corrected chi connectivity index (χ4v) is 2.79. The van der Waals surface area contributed by atoms with Gasteiger partial charge >= 0.3 is 0 Å². The predicted molar refractivity (Wildman–Crippen MR) is 96.7 cm³/mol. The molecule has 0 spiro atoms. The number of rotatable bonds is 3. The van der Waals surface area contributed by atoms with E-state index in [0.29, 0.717) is 0 Å². The van der Waals surface area contributed by atoms with Crippen molar-refractivity contribution in [3.63, 3.8) is 0 Å². The van der Waals surface area contributed by atoms with Crippen molar-refractivity contribution in [2.75, 3.05) is 31.1 Å². The minimum atomic E-state index is 0.959. The summed E-state index contributed by atoms with van der Waals surface area (Å²) in [6.45, 7) is 6.07. The molecule has 0 aromatic heterocycles. The molecule has 0 N–H and O–H groups in total. The molecule has 0 atom stereocenters. The number of piperazine rings is 1. The van der Waals surface area contributed by atoms with Gasteiger partial charge < -0.3 is 4.90 Å². The summed E-state index contributed by atoms with van der Waals surface area (Å²) < 4.78 is 1.09. The number of halogens is 1. The Morgan fingerprint density at radius 2 is 1.55 bits per heavy atom. The normalized spacial score (nSPS) is 15.5. The highest BCUT2D eigenvalue weighted by Crippen LogP contribution is 2.17. The fraction of sp³-hybridized carbons (Fsp3) is 0.278. The molecule has 1 fully saturated rings. The van der Waals surface area contributed by atoms with Crippen molar-refractivity contribution in [2.45, 2.75) is 6.92 Å². The number of nitrogens with zero attached hydrogens (tertiary/aromatic N) is 3. The second kappa shape index (κ2) is 6.97. The first-order valence-electron chi connectivity index (χ1n) is 7.57. The van der Waals surface area contributed by atoms with E-state index in [1.807, 2.05) is 18.3 Å². The first kappa shape index (κ1) is 15.1. The summed E-state index contributed by atoms with van der Waals surface area (Å²) in [6, 6.07) is 17.0. The fourth-order valence-electron chi connectivity index (χ4n) is 2.52. The van der Waals surface area contributed by atoms with Crippen LogP contribution in [0.2, 0.25) is 0 Å². The number of benzene rings is 2. The van der Waals surface area contributed by atoms with Crippen molar-refractivity contribution >= 4 is 27.8 Å². The van der Waals surface area contributed by atoms with Crippen LogP contribution in [0.15, 0.2) is 58.1 Å². The molecule has 0 saturated carbocycles. The third-order valence-electron chi connectivity index (χ3n) is 3.90. The SMILES string of the molecule is Cc1ccc(N2CCN(/N=C/c3ccc(Br)cc3)CC2)cc1. The Morgan fingerprint density at radius 3 is 2.18 bits per heavy atom. The van der Waals surface area contributed by atoms with Crippen LogP contribution in [-0.4, -0.2) is 37.4 Å². The average Bonchev–Trinajstić information content (AvgIpc) is 2.56. The molecule has 0 unspecified atom stereocenters. The Bertz CT molecular complexity index is 626. The van der Waals surface area contributed by atoms with E-state index >= 15 is 0 Å². The van der Waals surface area contributed by atoms with Crippen LogP contribution in [-0.2, 0) is 0 Å². The second-order valence-corrected chi connectivity index (χ2v) is 6.49. The maximum absolute atomic E-state index is 4.59. The number of hydrogen-bond donors (Lipinski definition) is 0. The number of hydrogen-bond acceptors (Lipinski definition) is 3. The number of hydrazone groups is 1. The van der Waals surface area contributed by atoms with E-state index in [4.69, 9.17) is 0 Å². The smallest absolute Gasteiger partial charge is 0.0542 e. The molecule has 0 aliphatic carbocycles. The van der Waals surface area contributed by atoms with Crippen LogP contribution < -0.4 is 4.90 Å². The van der Waals surface area contributed by atoms with E-state index in [1.165, 1.54) is 11.3 Å². The Balaban J connectivity index is 1.55. The highest BCUT2D eigenvalue weighted by molar-refractivity contribution is 9.10. The molecule has 2 aromatic rings. The van der Waals surface area contributed by atoms with Crippen molar-refractivity contribution in [1.82, 2.24) is 5.01 Å². The molecule has 3 rings (SSSR count). The van der Waals surface area contributed by atoms with Crippen molar-refractivity contribution in [1.29, 1.82) is 0 Å². The first-order chi connectivity index (χ1) is 10.7. The summed E-state index contributed by atoms with van der Waals surface area (Å²) >= 11 is 3.45. The Hall–Kier alpha value is -1.81. The number of aryl methyl sites for hydroxylation is 1. The van der Waals surface area contributed by atoms with Crippen molar-refractivity contribution < 1.29 is 0 Å². The summed E-state index contributed by atoms with van der Waals surface area (Å²) in [4.78, 5) is 2.42. The van der Waals surface area contributed by atoms with Gasteiger partial charge in [-0.05, 0) is 36.8 Å². The third-order valence-corrected chi connectivity index (χ3v) is 4.42. The second-order valence-electron chi connectivity index (χ2n) is 5.57. The summed E-state index contributed by atoms with van der Waals surface area (Å²) in [5.74, 6) is 0. The Labute approximate surface area is 140 Å². The van der Waals surface area contributed by atoms with Crippen molar-refractivity contribution in [3.05, 3.63) is 64.1 Å². The van der Waals surface area contributed by atoms with Gasteiger partial charge in [-0.25, -0.2) is 0 Å². The summed E-state index contributed by atoms with van der Waals surface area (Å²) in [5.41, 5.74) is 3.74. The lowest BCUT2D eigenvalue weighted by atomic mass is 10.2. The van der Waals surface area contributed by atoms with E-state index in [0.717, 1.165) is 36.2 Å². The minimum Gasteiger partial charge on any atom is -0.368 e. The lowest BCUT2D eigenvalue weighted by molar-refractivity contribution is 0.272. The molecule has 1 aliphatic rings. The average molecular weight is 358 g/mol. The molecule has 0 radical (unpaired) electrons. The maximum atomic E-state index is 4.59. The van der Waals surface area contributed by atoms with Crippen LogP contribution in [0.3, 0.4) is 0 Å². The van der Waals surface area contributed by atoms with Gasteiger partial charge in [0.15, 0.2) is 0 Å². The highest BCUT2D eigenvalue weighted by Gasteiger charge is 2.15. The van der Waals surface area contributed by atoms with E-state index in [1.54, 1.807) is 0 Å². The van der Waals surface area contributed by atoms with Gasteiger partial charge in [0.2, 0.25) is 0 Å². The predicted octanol–water partition coefficient (Wildman–Crippen LogP) is 3.91. The van der Waals surface area contributed by atoms with Crippen LogP contribution in [0, 0.1) is 6.92 Å². The Morgan fingerprint density at radius 1 is 0.909 bits per heavy atom. The zero-order valence-electron chi connectivity index (χ0n) is 12.7. The standard InChI is InChI=1S/C18H20BrN3/c1-15-2-8-18(9-3-15)21-10-12-22(13-11-21)20-14-16-4-6-17(19)7-5-16/h2-9,14H,10-13H2,1H3/b20-14+. The van der Waals surface area contributed by atoms with Gasteiger partial charge in [-0.3, -0.25) is 5.01 Å². The van der Waals surface area contributed by atoms with Crippen LogP contribution in [0.25, 0.3) is 0 Å². The summed E-state index contributed by atoms with van der Waals surface area (Å²) in [7, 11) is 0.